The fourth-order valence-electron chi connectivity index (χ4n) is 2.16. The number of aromatic amines is 1. The molecule has 0 saturated carbocycles. The van der Waals surface area contributed by atoms with Crippen LogP contribution in [-0.4, -0.2) is 4.98 Å². The summed E-state index contributed by atoms with van der Waals surface area (Å²) >= 11 is 0. The van der Waals surface area contributed by atoms with E-state index < -0.39 is 0 Å². The van der Waals surface area contributed by atoms with Crippen LogP contribution in [0.15, 0.2) is 59.4 Å². The third kappa shape index (κ3) is 3.37. The number of aromatic nitrogens is 1. The Labute approximate surface area is 134 Å². The van der Waals surface area contributed by atoms with Gasteiger partial charge in [-0.1, -0.05) is 30.0 Å². The topological polar surface area (TPSA) is 58.9 Å². The molecule has 0 aliphatic carbocycles. The van der Waals surface area contributed by atoms with E-state index in [0.29, 0.717) is 11.9 Å². The van der Waals surface area contributed by atoms with Gasteiger partial charge < -0.3 is 10.7 Å². The number of nitrogens with two attached hydrogens (primary N) is 1. The molecule has 1 heterocycles. The minimum absolute atomic E-state index is 0. The molecule has 3 aromatic rings. The van der Waals surface area contributed by atoms with Gasteiger partial charge in [0, 0.05) is 40.3 Å². The van der Waals surface area contributed by atoms with Gasteiger partial charge in [-0.05, 0) is 30.3 Å². The highest BCUT2D eigenvalue weighted by Crippen LogP contribution is 2.11. The molecule has 0 spiro atoms. The van der Waals surface area contributed by atoms with Crippen molar-refractivity contribution >= 4 is 23.3 Å². The number of hydrogen-bond donors (Lipinski definition) is 2. The quantitative estimate of drug-likeness (QED) is 0.679. The van der Waals surface area contributed by atoms with E-state index in [9.17, 15) is 4.79 Å². The average molecular weight is 311 g/mol. The maximum Gasteiger partial charge on any atom is 0.189 e. The van der Waals surface area contributed by atoms with Gasteiger partial charge in [-0.25, -0.2) is 0 Å². The third-order valence-corrected chi connectivity index (χ3v) is 3.23. The highest BCUT2D eigenvalue weighted by atomic mass is 35.5. The van der Waals surface area contributed by atoms with Gasteiger partial charge in [-0.3, -0.25) is 4.79 Å². The van der Waals surface area contributed by atoms with Crippen LogP contribution in [0.5, 0.6) is 0 Å². The molecule has 0 saturated heterocycles. The normalized spacial score (nSPS) is 9.68. The van der Waals surface area contributed by atoms with Gasteiger partial charge in [0.15, 0.2) is 5.43 Å². The second-order valence-electron chi connectivity index (χ2n) is 4.74. The molecule has 3 rings (SSSR count). The maximum atomic E-state index is 12.1. The molecule has 1 aromatic heterocycles. The lowest BCUT2D eigenvalue weighted by Gasteiger charge is -2.02. The molecule has 0 radical (unpaired) electrons. The molecule has 4 heteroatoms. The zero-order valence-corrected chi connectivity index (χ0v) is 12.6. The van der Waals surface area contributed by atoms with Crippen molar-refractivity contribution in [3.8, 4) is 11.8 Å². The van der Waals surface area contributed by atoms with Crippen molar-refractivity contribution in [3.63, 3.8) is 0 Å². The first-order valence-electron chi connectivity index (χ1n) is 6.69. The van der Waals surface area contributed by atoms with Crippen molar-refractivity contribution in [1.82, 2.24) is 4.98 Å². The molecule has 3 nitrogen and oxygen atoms in total. The Morgan fingerprint density at radius 2 is 1.68 bits per heavy atom. The summed E-state index contributed by atoms with van der Waals surface area (Å²) in [4.78, 5) is 15.2. The number of halogens is 1. The highest BCUT2D eigenvalue weighted by molar-refractivity contribution is 5.85. The second-order valence-corrected chi connectivity index (χ2v) is 4.74. The van der Waals surface area contributed by atoms with Crippen molar-refractivity contribution < 1.29 is 0 Å². The monoisotopic (exact) mass is 310 g/mol. The Hall–Kier alpha value is -2.54. The predicted octanol–water partition coefficient (Wildman–Crippen LogP) is 2.81. The Kier molecular flexibility index (Phi) is 5.00. The number of fused-ring (bicyclic) bond motifs is 1. The molecular formula is C18H15ClN2O. The van der Waals surface area contributed by atoms with Crippen LogP contribution >= 0.6 is 12.4 Å². The van der Waals surface area contributed by atoms with Crippen LogP contribution in [0.3, 0.4) is 0 Å². The number of pyridine rings is 1. The number of rotatable bonds is 1. The van der Waals surface area contributed by atoms with Crippen molar-refractivity contribution in [2.24, 2.45) is 5.73 Å². The molecule has 2 aromatic carbocycles. The van der Waals surface area contributed by atoms with Crippen molar-refractivity contribution in [2.45, 2.75) is 6.54 Å². The molecule has 0 unspecified atom stereocenters. The summed E-state index contributed by atoms with van der Waals surface area (Å²) in [5.74, 6) is 6.17. The van der Waals surface area contributed by atoms with E-state index in [1.165, 1.54) is 6.07 Å². The van der Waals surface area contributed by atoms with E-state index in [-0.39, 0.29) is 17.8 Å². The van der Waals surface area contributed by atoms with Crippen molar-refractivity contribution in [3.05, 3.63) is 81.6 Å². The first kappa shape index (κ1) is 15.8. The molecule has 0 aliphatic heterocycles. The molecule has 0 bridgehead atoms. The molecule has 0 aliphatic rings. The highest BCUT2D eigenvalue weighted by Gasteiger charge is 2.01. The molecule has 110 valence electrons. The largest absolute Gasteiger partial charge is 0.357 e. The summed E-state index contributed by atoms with van der Waals surface area (Å²) in [5.41, 5.74) is 8.81. The van der Waals surface area contributed by atoms with Crippen LogP contribution in [0.4, 0.5) is 0 Å². The maximum absolute atomic E-state index is 12.1. The zero-order chi connectivity index (χ0) is 14.7. The van der Waals surface area contributed by atoms with E-state index in [1.807, 2.05) is 48.5 Å². The zero-order valence-electron chi connectivity index (χ0n) is 11.8. The van der Waals surface area contributed by atoms with Gasteiger partial charge in [0.25, 0.3) is 0 Å². The molecular weight excluding hydrogens is 296 g/mol. The minimum atomic E-state index is -0.0347. The van der Waals surface area contributed by atoms with E-state index in [0.717, 1.165) is 22.3 Å². The van der Waals surface area contributed by atoms with E-state index in [2.05, 4.69) is 16.8 Å². The smallest absolute Gasteiger partial charge is 0.189 e. The Balaban J connectivity index is 0.00000176. The van der Waals surface area contributed by atoms with Gasteiger partial charge in [-0.15, -0.1) is 12.4 Å². The lowest BCUT2D eigenvalue weighted by atomic mass is 10.1. The fourth-order valence-corrected chi connectivity index (χ4v) is 2.16. The van der Waals surface area contributed by atoms with Crippen LogP contribution in [0.2, 0.25) is 0 Å². The number of hydrogen-bond acceptors (Lipinski definition) is 2. The Morgan fingerprint density at radius 3 is 2.41 bits per heavy atom. The summed E-state index contributed by atoms with van der Waals surface area (Å²) in [6.45, 7) is 0.320. The standard InChI is InChI=1S/C18H14N2O.ClH/c19-12-15-11-18(21)16-10-14(8-9-17(16)20-15)7-6-13-4-2-1-3-5-13;/h1-5,8-11H,12,19H2,(H,20,21);1H. The fraction of sp³-hybridized carbons (Fsp3) is 0.0556. The SMILES string of the molecule is Cl.NCc1cc(=O)c2cc(C#Cc3ccccc3)ccc2[nH]1. The van der Waals surface area contributed by atoms with Gasteiger partial charge in [0.2, 0.25) is 0 Å². The third-order valence-electron chi connectivity index (χ3n) is 3.23. The predicted molar refractivity (Wildman–Crippen MR) is 92.1 cm³/mol. The van der Waals surface area contributed by atoms with Gasteiger partial charge >= 0.3 is 0 Å². The minimum Gasteiger partial charge on any atom is -0.357 e. The van der Waals surface area contributed by atoms with Gasteiger partial charge in [0.1, 0.15) is 0 Å². The average Bonchev–Trinajstić information content (AvgIpc) is 2.54. The van der Waals surface area contributed by atoms with Crippen LogP contribution in [0.1, 0.15) is 16.8 Å². The first-order chi connectivity index (χ1) is 10.3. The van der Waals surface area contributed by atoms with Crippen molar-refractivity contribution in [2.75, 3.05) is 0 Å². The molecule has 3 N–H and O–H groups in total. The summed E-state index contributed by atoms with van der Waals surface area (Å²) < 4.78 is 0. The lowest BCUT2D eigenvalue weighted by molar-refractivity contribution is 1.00. The number of benzene rings is 2. The Bertz CT molecular complexity index is 905. The van der Waals surface area contributed by atoms with E-state index in [1.54, 1.807) is 0 Å². The number of nitrogens with one attached hydrogen (secondary N) is 1. The second kappa shape index (κ2) is 6.95. The molecule has 22 heavy (non-hydrogen) atoms. The van der Waals surface area contributed by atoms with Crippen LogP contribution in [0.25, 0.3) is 10.9 Å². The van der Waals surface area contributed by atoms with Crippen LogP contribution < -0.4 is 11.2 Å². The lowest BCUT2D eigenvalue weighted by Crippen LogP contribution is -2.08. The summed E-state index contributed by atoms with van der Waals surface area (Å²) in [5, 5.41) is 0.632. The van der Waals surface area contributed by atoms with Crippen LogP contribution in [-0.2, 0) is 6.54 Å². The summed E-state index contributed by atoms with van der Waals surface area (Å²) in [6.07, 6.45) is 0. The van der Waals surface area contributed by atoms with Crippen LogP contribution in [0, 0.1) is 11.8 Å². The van der Waals surface area contributed by atoms with Crippen molar-refractivity contribution in [1.29, 1.82) is 0 Å². The first-order valence-corrected chi connectivity index (χ1v) is 6.69. The molecule has 0 amide bonds. The van der Waals surface area contributed by atoms with Gasteiger partial charge in [-0.2, -0.15) is 0 Å². The van der Waals surface area contributed by atoms with E-state index >= 15 is 0 Å². The molecule has 0 fully saturated rings. The summed E-state index contributed by atoms with van der Waals surface area (Å²) in [7, 11) is 0. The number of H-pyrrole nitrogens is 1. The van der Waals surface area contributed by atoms with E-state index in [4.69, 9.17) is 5.73 Å². The summed E-state index contributed by atoms with van der Waals surface area (Å²) in [6, 6.07) is 16.9. The van der Waals surface area contributed by atoms with Gasteiger partial charge in [0.05, 0.1) is 0 Å². The Morgan fingerprint density at radius 1 is 0.955 bits per heavy atom. The molecule has 0 atom stereocenters.